The van der Waals surface area contributed by atoms with E-state index in [0.717, 1.165) is 49.8 Å². The lowest BCUT2D eigenvalue weighted by Gasteiger charge is -2.41. The highest BCUT2D eigenvalue weighted by molar-refractivity contribution is 5.80. The second kappa shape index (κ2) is 10.6. The summed E-state index contributed by atoms with van der Waals surface area (Å²) >= 11 is 0. The first-order chi connectivity index (χ1) is 15.2. The van der Waals surface area contributed by atoms with Crippen molar-refractivity contribution in [3.05, 3.63) is 65.2 Å². The molecule has 1 aliphatic rings. The summed E-state index contributed by atoms with van der Waals surface area (Å²) in [6.45, 7) is 7.12. The smallest absolute Gasteiger partial charge is 0.318 e. The van der Waals surface area contributed by atoms with E-state index in [1.807, 2.05) is 51.4 Å². The molecule has 3 atom stereocenters. The van der Waals surface area contributed by atoms with Gasteiger partial charge in [0.05, 0.1) is 11.5 Å². The highest BCUT2D eigenvalue weighted by Crippen LogP contribution is 2.42. The molecule has 2 aromatic rings. The van der Waals surface area contributed by atoms with Crippen molar-refractivity contribution in [1.82, 2.24) is 4.90 Å². The average molecular weight is 438 g/mol. The van der Waals surface area contributed by atoms with Gasteiger partial charge in [0.1, 0.15) is 5.75 Å². The monoisotopic (exact) mass is 437 g/mol. The first-order valence-corrected chi connectivity index (χ1v) is 12.0. The fourth-order valence-corrected chi connectivity index (χ4v) is 4.87. The van der Waals surface area contributed by atoms with Crippen molar-refractivity contribution < 1.29 is 14.6 Å². The molecule has 0 aliphatic heterocycles. The van der Waals surface area contributed by atoms with Crippen molar-refractivity contribution in [2.45, 2.75) is 64.4 Å². The molecule has 0 saturated heterocycles. The molecule has 1 fully saturated rings. The predicted octanol–water partition coefficient (Wildman–Crippen LogP) is 5.53. The van der Waals surface area contributed by atoms with Crippen LogP contribution in [0.1, 0.15) is 69.1 Å². The Bertz CT molecular complexity index is 890. The van der Waals surface area contributed by atoms with Crippen LogP contribution >= 0.6 is 0 Å². The zero-order chi connectivity index (χ0) is 23.3. The van der Waals surface area contributed by atoms with Gasteiger partial charge in [0.15, 0.2) is 0 Å². The van der Waals surface area contributed by atoms with Crippen LogP contribution in [0.2, 0.25) is 0 Å². The number of esters is 1. The number of rotatable bonds is 8. The van der Waals surface area contributed by atoms with E-state index in [1.54, 1.807) is 6.07 Å². The number of carbonyl (C=O) groups excluding carboxylic acids is 1. The third-order valence-electron chi connectivity index (χ3n) is 6.65. The van der Waals surface area contributed by atoms with Gasteiger partial charge in [-0.25, -0.2) is 0 Å². The average Bonchev–Trinajstić information content (AvgIpc) is 2.75. The van der Waals surface area contributed by atoms with Gasteiger partial charge in [0, 0.05) is 12.5 Å². The minimum absolute atomic E-state index is 0.167. The minimum atomic E-state index is -0.886. The van der Waals surface area contributed by atoms with Crippen molar-refractivity contribution in [2.75, 3.05) is 20.6 Å². The molecule has 0 bridgehead atoms. The lowest BCUT2D eigenvalue weighted by atomic mass is 9.71. The molecule has 4 heteroatoms. The summed E-state index contributed by atoms with van der Waals surface area (Å²) in [5, 5.41) is 11.6. The first kappa shape index (κ1) is 24.5. The lowest BCUT2D eigenvalue weighted by Crippen LogP contribution is -2.43. The van der Waals surface area contributed by atoms with Crippen molar-refractivity contribution in [2.24, 2.45) is 11.8 Å². The molecule has 174 valence electrons. The molecule has 2 aromatic carbocycles. The molecule has 3 rings (SSSR count). The highest BCUT2D eigenvalue weighted by Gasteiger charge is 2.40. The Labute approximate surface area is 193 Å². The zero-order valence-electron chi connectivity index (χ0n) is 20.3. The Morgan fingerprint density at radius 3 is 2.50 bits per heavy atom. The molecule has 32 heavy (non-hydrogen) atoms. The van der Waals surface area contributed by atoms with Gasteiger partial charge in [0.2, 0.25) is 0 Å². The second-order valence-corrected chi connectivity index (χ2v) is 10.1. The van der Waals surface area contributed by atoms with Crippen LogP contribution in [0.15, 0.2) is 48.5 Å². The maximum absolute atomic E-state index is 12.9. The standard InChI is InChI=1S/C28H39NO3/c1-20(2)17-22-12-14-23(15-13-22)21(3)27(30)32-26-11-8-10-24(18-26)28(31)16-7-6-9-25(28)19-29(4)5/h8,10-15,18,20-21,25,31H,6-7,9,16-17,19H2,1-5H3. The largest absolute Gasteiger partial charge is 0.426 e. The predicted molar refractivity (Wildman–Crippen MR) is 130 cm³/mol. The van der Waals surface area contributed by atoms with Gasteiger partial charge in [-0.2, -0.15) is 0 Å². The number of benzene rings is 2. The van der Waals surface area contributed by atoms with Crippen molar-refractivity contribution in [1.29, 1.82) is 0 Å². The number of carbonyl (C=O) groups is 1. The van der Waals surface area contributed by atoms with E-state index in [9.17, 15) is 9.90 Å². The van der Waals surface area contributed by atoms with Crippen molar-refractivity contribution in [3.8, 4) is 5.75 Å². The van der Waals surface area contributed by atoms with Crippen molar-refractivity contribution in [3.63, 3.8) is 0 Å². The number of hydrogen-bond acceptors (Lipinski definition) is 4. The molecule has 3 unspecified atom stereocenters. The highest BCUT2D eigenvalue weighted by atomic mass is 16.5. The summed E-state index contributed by atoms with van der Waals surface area (Å²) in [5.41, 5.74) is 2.20. The summed E-state index contributed by atoms with van der Waals surface area (Å²) in [7, 11) is 4.09. The molecule has 0 radical (unpaired) electrons. The molecule has 0 aromatic heterocycles. The quantitative estimate of drug-likeness (QED) is 0.435. The summed E-state index contributed by atoms with van der Waals surface area (Å²) in [5.74, 6) is 0.635. The molecule has 1 saturated carbocycles. The Morgan fingerprint density at radius 1 is 1.12 bits per heavy atom. The van der Waals surface area contributed by atoms with E-state index in [0.29, 0.717) is 11.7 Å². The van der Waals surface area contributed by atoms with E-state index in [-0.39, 0.29) is 17.8 Å². The summed E-state index contributed by atoms with van der Waals surface area (Å²) in [6, 6.07) is 15.7. The molecule has 1 N–H and O–H groups in total. The fourth-order valence-electron chi connectivity index (χ4n) is 4.87. The number of aliphatic hydroxyl groups is 1. The maximum atomic E-state index is 12.9. The maximum Gasteiger partial charge on any atom is 0.318 e. The molecule has 4 nitrogen and oxygen atoms in total. The van der Waals surface area contributed by atoms with Crippen LogP contribution in [-0.4, -0.2) is 36.6 Å². The number of ether oxygens (including phenoxy) is 1. The first-order valence-electron chi connectivity index (χ1n) is 12.0. The lowest BCUT2D eigenvalue weighted by molar-refractivity contribution is -0.135. The number of nitrogens with zero attached hydrogens (tertiary/aromatic N) is 1. The Hall–Kier alpha value is -2.17. The third kappa shape index (κ3) is 5.99. The van der Waals surface area contributed by atoms with Crippen LogP contribution in [0.4, 0.5) is 0 Å². The van der Waals surface area contributed by atoms with Crippen LogP contribution in [-0.2, 0) is 16.8 Å². The van der Waals surface area contributed by atoms with Crippen LogP contribution in [0, 0.1) is 11.8 Å². The van der Waals surface area contributed by atoms with Gasteiger partial charge in [-0.05, 0) is 75.0 Å². The molecular formula is C28H39NO3. The van der Waals surface area contributed by atoms with E-state index < -0.39 is 5.60 Å². The molecule has 1 aliphatic carbocycles. The summed E-state index contributed by atoms with van der Waals surface area (Å²) in [6.07, 6.45) is 4.92. The van der Waals surface area contributed by atoms with E-state index in [2.05, 4.69) is 30.9 Å². The Balaban J connectivity index is 1.72. The van der Waals surface area contributed by atoms with E-state index in [1.165, 1.54) is 5.56 Å². The van der Waals surface area contributed by atoms with Gasteiger partial charge in [-0.3, -0.25) is 4.79 Å². The minimum Gasteiger partial charge on any atom is -0.426 e. The van der Waals surface area contributed by atoms with Crippen molar-refractivity contribution >= 4 is 5.97 Å². The molecule has 0 amide bonds. The van der Waals surface area contributed by atoms with Crippen LogP contribution < -0.4 is 4.74 Å². The second-order valence-electron chi connectivity index (χ2n) is 10.1. The third-order valence-corrected chi connectivity index (χ3v) is 6.65. The summed E-state index contributed by atoms with van der Waals surface area (Å²) in [4.78, 5) is 15.0. The fraction of sp³-hybridized carbons (Fsp3) is 0.536. The van der Waals surface area contributed by atoms with Crippen LogP contribution in [0.5, 0.6) is 5.75 Å². The number of hydrogen-bond donors (Lipinski definition) is 1. The van der Waals surface area contributed by atoms with Gasteiger partial charge >= 0.3 is 5.97 Å². The molecule has 0 spiro atoms. The van der Waals surface area contributed by atoms with Gasteiger partial charge in [-0.1, -0.05) is 63.1 Å². The van der Waals surface area contributed by atoms with Crippen LogP contribution in [0.25, 0.3) is 0 Å². The molecular weight excluding hydrogens is 398 g/mol. The van der Waals surface area contributed by atoms with Gasteiger partial charge in [0.25, 0.3) is 0 Å². The van der Waals surface area contributed by atoms with E-state index >= 15 is 0 Å². The van der Waals surface area contributed by atoms with Gasteiger partial charge < -0.3 is 14.7 Å². The van der Waals surface area contributed by atoms with E-state index in [4.69, 9.17) is 4.74 Å². The Kier molecular flexibility index (Phi) is 8.13. The topological polar surface area (TPSA) is 49.8 Å². The molecule has 0 heterocycles. The normalized spacial score (nSPS) is 22.2. The Morgan fingerprint density at radius 2 is 1.84 bits per heavy atom. The van der Waals surface area contributed by atoms with Crippen LogP contribution in [0.3, 0.4) is 0 Å². The SMILES string of the molecule is CC(C)Cc1ccc(C(C)C(=O)Oc2cccc(C3(O)CCCCC3CN(C)C)c2)cc1. The van der Waals surface area contributed by atoms with Gasteiger partial charge in [-0.15, -0.1) is 0 Å². The summed E-state index contributed by atoms with van der Waals surface area (Å²) < 4.78 is 5.76. The zero-order valence-corrected chi connectivity index (χ0v) is 20.3.